The van der Waals surface area contributed by atoms with Gasteiger partial charge in [0.05, 0.1) is 24.2 Å². The van der Waals surface area contributed by atoms with E-state index in [1.54, 1.807) is 0 Å². The fraction of sp³-hybridized carbons (Fsp3) is 0.458. The minimum Gasteiger partial charge on any atom is -0.490 e. The van der Waals surface area contributed by atoms with Crippen LogP contribution in [0.3, 0.4) is 0 Å². The highest BCUT2D eigenvalue weighted by Gasteiger charge is 2.54. The maximum Gasteiger partial charge on any atom is 0.466 e. The number of hydrogen-bond donors (Lipinski definition) is 1. The molecule has 31 heavy (non-hydrogen) atoms. The molecule has 1 aliphatic heterocycles. The number of carboxylic acids is 1. The summed E-state index contributed by atoms with van der Waals surface area (Å²) >= 11 is 0. The molecule has 0 radical (unpaired) electrons. The second-order valence-electron chi connectivity index (χ2n) is 8.74. The summed E-state index contributed by atoms with van der Waals surface area (Å²) in [5.41, 5.74) is 0.734. The molecule has 0 aromatic heterocycles. The third kappa shape index (κ3) is 5.41. The molecule has 7 heteroatoms. The molecule has 2 aromatic rings. The molecule has 166 valence electrons. The van der Waals surface area contributed by atoms with Gasteiger partial charge >= 0.3 is 13.1 Å². The Balaban J connectivity index is 1.87. The van der Waals surface area contributed by atoms with Crippen LogP contribution in [0.15, 0.2) is 48.5 Å². The van der Waals surface area contributed by atoms with E-state index in [9.17, 15) is 9.90 Å². The topological polar surface area (TPSA) is 74.2 Å². The van der Waals surface area contributed by atoms with Crippen LogP contribution in [0.5, 0.6) is 11.5 Å². The van der Waals surface area contributed by atoms with Gasteiger partial charge in [-0.1, -0.05) is 36.4 Å². The van der Waals surface area contributed by atoms with Gasteiger partial charge in [0.15, 0.2) is 11.5 Å². The zero-order valence-electron chi connectivity index (χ0n) is 18.9. The van der Waals surface area contributed by atoms with Gasteiger partial charge in [-0.2, -0.15) is 0 Å². The number of ether oxygens (including phenoxy) is 2. The standard InChI is InChI=1S/C24H31BO6/c1-6-28-21-14-18(12-13-20(21)29-16-17-10-8-7-9-11-17)19(15-22(26)27)25-30-23(2,3)24(4,5)31-25/h7-14,19H,6,15-16H2,1-5H3,(H,26,27). The molecule has 1 saturated heterocycles. The summed E-state index contributed by atoms with van der Waals surface area (Å²) in [6.45, 7) is 10.6. The first kappa shape index (κ1) is 23.2. The monoisotopic (exact) mass is 426 g/mol. The minimum absolute atomic E-state index is 0.118. The Morgan fingerprint density at radius 2 is 1.65 bits per heavy atom. The van der Waals surface area contributed by atoms with Crippen LogP contribution in [0.1, 0.15) is 58.0 Å². The first-order valence-corrected chi connectivity index (χ1v) is 10.6. The van der Waals surface area contributed by atoms with Crippen molar-refractivity contribution in [3.05, 3.63) is 59.7 Å². The Bertz CT molecular complexity index is 880. The summed E-state index contributed by atoms with van der Waals surface area (Å²) < 4.78 is 24.1. The first-order chi connectivity index (χ1) is 14.6. The molecule has 1 atom stereocenters. The van der Waals surface area contributed by atoms with Crippen LogP contribution in [-0.2, 0) is 20.7 Å². The Kier molecular flexibility index (Phi) is 6.97. The van der Waals surface area contributed by atoms with Crippen LogP contribution in [0.4, 0.5) is 0 Å². The van der Waals surface area contributed by atoms with Crippen molar-refractivity contribution in [2.45, 2.75) is 64.7 Å². The Hall–Kier alpha value is -2.51. The van der Waals surface area contributed by atoms with E-state index in [-0.39, 0.29) is 6.42 Å². The predicted molar refractivity (Wildman–Crippen MR) is 119 cm³/mol. The van der Waals surface area contributed by atoms with Crippen molar-refractivity contribution < 1.29 is 28.7 Å². The third-order valence-electron chi connectivity index (χ3n) is 5.93. The molecule has 1 N–H and O–H groups in total. The second kappa shape index (κ2) is 9.33. The third-order valence-corrected chi connectivity index (χ3v) is 5.93. The minimum atomic E-state index is -0.915. The number of carbonyl (C=O) groups is 1. The summed E-state index contributed by atoms with van der Waals surface area (Å²) in [4.78, 5) is 11.6. The second-order valence-corrected chi connectivity index (χ2v) is 8.74. The molecule has 1 unspecified atom stereocenters. The molecular formula is C24H31BO6. The van der Waals surface area contributed by atoms with E-state index in [1.807, 2.05) is 83.1 Å². The molecule has 6 nitrogen and oxygen atoms in total. The van der Waals surface area contributed by atoms with Gasteiger partial charge in [-0.15, -0.1) is 0 Å². The van der Waals surface area contributed by atoms with E-state index in [0.717, 1.165) is 11.1 Å². The fourth-order valence-electron chi connectivity index (χ4n) is 3.49. The summed E-state index contributed by atoms with van der Waals surface area (Å²) in [7, 11) is -0.674. The van der Waals surface area contributed by atoms with Crippen LogP contribution in [0.2, 0.25) is 0 Å². The molecule has 1 fully saturated rings. The van der Waals surface area contributed by atoms with Crippen molar-refractivity contribution in [2.24, 2.45) is 0 Å². The first-order valence-electron chi connectivity index (χ1n) is 10.6. The zero-order chi connectivity index (χ0) is 22.6. The van der Waals surface area contributed by atoms with Crippen molar-refractivity contribution in [3.63, 3.8) is 0 Å². The van der Waals surface area contributed by atoms with Crippen molar-refractivity contribution in [1.82, 2.24) is 0 Å². The lowest BCUT2D eigenvalue weighted by Crippen LogP contribution is -2.41. The molecule has 0 spiro atoms. The van der Waals surface area contributed by atoms with Gasteiger partial charge < -0.3 is 23.9 Å². The lowest BCUT2D eigenvalue weighted by atomic mass is 9.66. The number of rotatable bonds is 9. The average molecular weight is 426 g/mol. The molecule has 1 aliphatic rings. The molecule has 0 saturated carbocycles. The van der Waals surface area contributed by atoms with Gasteiger partial charge in [0.2, 0.25) is 0 Å². The van der Waals surface area contributed by atoms with Gasteiger partial charge in [-0.05, 0) is 57.9 Å². The fourth-order valence-corrected chi connectivity index (χ4v) is 3.49. The van der Waals surface area contributed by atoms with Crippen LogP contribution >= 0.6 is 0 Å². The van der Waals surface area contributed by atoms with Crippen molar-refractivity contribution in [2.75, 3.05) is 6.61 Å². The van der Waals surface area contributed by atoms with E-state index in [4.69, 9.17) is 18.8 Å². The summed E-state index contributed by atoms with van der Waals surface area (Å²) in [5.74, 6) is -0.219. The number of carboxylic acid groups (broad SMARTS) is 1. The lowest BCUT2D eigenvalue weighted by molar-refractivity contribution is -0.137. The highest BCUT2D eigenvalue weighted by molar-refractivity contribution is 6.48. The summed E-state index contributed by atoms with van der Waals surface area (Å²) in [5, 5.41) is 9.54. The maximum atomic E-state index is 11.6. The molecular weight excluding hydrogens is 395 g/mol. The van der Waals surface area contributed by atoms with Gasteiger partial charge in [0, 0.05) is 5.82 Å². The molecule has 2 aromatic carbocycles. The maximum absolute atomic E-state index is 11.6. The van der Waals surface area contributed by atoms with Crippen LogP contribution in [0, 0.1) is 0 Å². The number of aliphatic carboxylic acids is 1. The average Bonchev–Trinajstić information content (AvgIpc) is 2.93. The Morgan fingerprint density at radius 1 is 1.00 bits per heavy atom. The van der Waals surface area contributed by atoms with Crippen LogP contribution in [0.25, 0.3) is 0 Å². The Morgan fingerprint density at radius 3 is 2.23 bits per heavy atom. The largest absolute Gasteiger partial charge is 0.490 e. The van der Waals surface area contributed by atoms with E-state index in [2.05, 4.69) is 0 Å². The molecule has 0 aliphatic carbocycles. The molecule has 0 amide bonds. The number of hydrogen-bond acceptors (Lipinski definition) is 5. The Labute approximate surface area is 184 Å². The van der Waals surface area contributed by atoms with Crippen molar-refractivity contribution in [1.29, 1.82) is 0 Å². The van der Waals surface area contributed by atoms with Gasteiger partial charge in [-0.3, -0.25) is 4.79 Å². The zero-order valence-corrected chi connectivity index (χ0v) is 18.9. The van der Waals surface area contributed by atoms with Gasteiger partial charge in [0.25, 0.3) is 0 Å². The SMILES string of the molecule is CCOc1cc(C(CC(=O)O)B2OC(C)(C)C(C)(C)O2)ccc1OCc1ccccc1. The molecule has 1 heterocycles. The normalized spacial score (nSPS) is 17.9. The number of benzene rings is 2. The molecule has 3 rings (SSSR count). The van der Waals surface area contributed by atoms with Crippen molar-refractivity contribution >= 4 is 13.1 Å². The smallest absolute Gasteiger partial charge is 0.466 e. The highest BCUT2D eigenvalue weighted by atomic mass is 16.7. The molecule has 0 bridgehead atoms. The van der Waals surface area contributed by atoms with E-state index < -0.39 is 30.1 Å². The van der Waals surface area contributed by atoms with E-state index in [0.29, 0.717) is 24.7 Å². The quantitative estimate of drug-likeness (QED) is 0.578. The summed E-state index contributed by atoms with van der Waals surface area (Å²) in [6.07, 6.45) is -0.118. The van der Waals surface area contributed by atoms with E-state index >= 15 is 0 Å². The van der Waals surface area contributed by atoms with Crippen molar-refractivity contribution in [3.8, 4) is 11.5 Å². The van der Waals surface area contributed by atoms with Gasteiger partial charge in [0.1, 0.15) is 6.61 Å². The highest BCUT2D eigenvalue weighted by Crippen LogP contribution is 2.43. The summed E-state index contributed by atoms with van der Waals surface area (Å²) in [6, 6.07) is 15.4. The van der Waals surface area contributed by atoms with Crippen LogP contribution < -0.4 is 9.47 Å². The predicted octanol–water partition coefficient (Wildman–Crippen LogP) is 4.85. The van der Waals surface area contributed by atoms with E-state index in [1.165, 1.54) is 0 Å². The van der Waals surface area contributed by atoms with Gasteiger partial charge in [-0.25, -0.2) is 0 Å². The lowest BCUT2D eigenvalue weighted by Gasteiger charge is -2.32. The van der Waals surface area contributed by atoms with Crippen LogP contribution in [-0.4, -0.2) is 36.0 Å².